The SMILES string of the molecule is CCOc1cc2c(-c3cc(OC)c(OC)c(OC)c3)c(C(=O)OC)n(-c3ccc(N(C)C(=O)OC(C)(C)C)cc3)c(=O)c2cc1OCC. The van der Waals surface area contributed by atoms with Crippen LogP contribution in [0.4, 0.5) is 10.5 Å². The average molecular weight is 663 g/mol. The maximum atomic E-state index is 14.5. The second-order valence-corrected chi connectivity index (χ2v) is 11.5. The van der Waals surface area contributed by atoms with Crippen LogP contribution in [0.2, 0.25) is 0 Å². The molecule has 0 aliphatic rings. The molecule has 1 aromatic heterocycles. The number of fused-ring (bicyclic) bond motifs is 1. The van der Waals surface area contributed by atoms with Crippen molar-refractivity contribution >= 4 is 28.5 Å². The normalized spacial score (nSPS) is 11.1. The van der Waals surface area contributed by atoms with E-state index in [1.54, 1.807) is 76.3 Å². The minimum atomic E-state index is -0.778. The largest absolute Gasteiger partial charge is 0.493 e. The van der Waals surface area contributed by atoms with E-state index in [1.807, 2.05) is 13.8 Å². The summed E-state index contributed by atoms with van der Waals surface area (Å²) in [6.45, 7) is 9.66. The third-order valence-corrected chi connectivity index (χ3v) is 7.34. The number of methoxy groups -OCH3 is 4. The molecule has 0 N–H and O–H groups in total. The van der Waals surface area contributed by atoms with Gasteiger partial charge in [0.05, 0.1) is 47.0 Å². The highest BCUT2D eigenvalue weighted by Gasteiger charge is 2.29. The van der Waals surface area contributed by atoms with E-state index in [9.17, 15) is 14.4 Å². The van der Waals surface area contributed by atoms with Crippen molar-refractivity contribution in [2.75, 3.05) is 53.6 Å². The van der Waals surface area contributed by atoms with Gasteiger partial charge >= 0.3 is 12.1 Å². The molecule has 4 rings (SSSR count). The van der Waals surface area contributed by atoms with Crippen LogP contribution in [0.5, 0.6) is 28.7 Å². The van der Waals surface area contributed by atoms with Gasteiger partial charge in [-0.2, -0.15) is 0 Å². The Balaban J connectivity index is 2.14. The number of hydrogen-bond acceptors (Lipinski definition) is 10. The molecular weight excluding hydrogens is 620 g/mol. The van der Waals surface area contributed by atoms with E-state index in [4.69, 9.17) is 33.2 Å². The van der Waals surface area contributed by atoms with E-state index in [-0.39, 0.29) is 11.1 Å². The van der Waals surface area contributed by atoms with Gasteiger partial charge in [0, 0.05) is 29.4 Å². The summed E-state index contributed by atoms with van der Waals surface area (Å²) in [6, 6.07) is 13.2. The van der Waals surface area contributed by atoms with Crippen LogP contribution in [0.3, 0.4) is 0 Å². The number of nitrogens with zero attached hydrogens (tertiary/aromatic N) is 2. The van der Waals surface area contributed by atoms with Crippen molar-refractivity contribution in [1.82, 2.24) is 4.57 Å². The first-order valence-electron chi connectivity index (χ1n) is 15.3. The third kappa shape index (κ3) is 6.97. The molecule has 12 heteroatoms. The van der Waals surface area contributed by atoms with Crippen LogP contribution in [-0.2, 0) is 9.47 Å². The lowest BCUT2D eigenvalue weighted by molar-refractivity contribution is 0.0581. The van der Waals surface area contributed by atoms with Crippen molar-refractivity contribution < 1.29 is 42.7 Å². The lowest BCUT2D eigenvalue weighted by Crippen LogP contribution is -2.34. The summed E-state index contributed by atoms with van der Waals surface area (Å²) in [6.07, 6.45) is -0.549. The number of aromatic nitrogens is 1. The molecule has 0 unspecified atom stereocenters. The molecular formula is C36H42N2O10. The Hall–Kier alpha value is -5.39. The lowest BCUT2D eigenvalue weighted by atomic mass is 9.95. The van der Waals surface area contributed by atoms with Gasteiger partial charge in [-0.25, -0.2) is 9.59 Å². The number of pyridine rings is 1. The van der Waals surface area contributed by atoms with Crippen molar-refractivity contribution in [2.24, 2.45) is 0 Å². The maximum absolute atomic E-state index is 14.5. The average Bonchev–Trinajstić information content (AvgIpc) is 3.06. The summed E-state index contributed by atoms with van der Waals surface area (Å²) in [5.74, 6) is 0.992. The number of benzene rings is 3. The first-order chi connectivity index (χ1) is 22.8. The van der Waals surface area contributed by atoms with E-state index in [0.29, 0.717) is 69.8 Å². The van der Waals surface area contributed by atoms with Gasteiger partial charge in [-0.3, -0.25) is 14.3 Å². The van der Waals surface area contributed by atoms with Gasteiger partial charge < -0.3 is 33.2 Å². The summed E-state index contributed by atoms with van der Waals surface area (Å²) in [5.41, 5.74) is 0.384. The van der Waals surface area contributed by atoms with E-state index < -0.39 is 23.2 Å². The summed E-state index contributed by atoms with van der Waals surface area (Å²) >= 11 is 0. The number of rotatable bonds is 11. The van der Waals surface area contributed by atoms with Crippen molar-refractivity contribution in [3.05, 3.63) is 64.6 Å². The Morgan fingerprint density at radius 3 is 1.77 bits per heavy atom. The van der Waals surface area contributed by atoms with E-state index in [1.165, 1.54) is 37.9 Å². The number of amides is 1. The molecule has 1 heterocycles. The summed E-state index contributed by atoms with van der Waals surface area (Å²) in [4.78, 5) is 42.4. The molecule has 0 aliphatic carbocycles. The second kappa shape index (κ2) is 14.6. The monoisotopic (exact) mass is 662 g/mol. The van der Waals surface area contributed by atoms with Gasteiger partial charge in [0.25, 0.3) is 5.56 Å². The van der Waals surface area contributed by atoms with Gasteiger partial charge in [-0.1, -0.05) is 0 Å². The van der Waals surface area contributed by atoms with Gasteiger partial charge in [0.1, 0.15) is 11.3 Å². The molecule has 1 amide bonds. The summed E-state index contributed by atoms with van der Waals surface area (Å²) in [7, 11) is 7.28. The lowest BCUT2D eigenvalue weighted by Gasteiger charge is -2.25. The number of hydrogen-bond donors (Lipinski definition) is 0. The number of carbonyl (C=O) groups is 2. The molecule has 0 aliphatic heterocycles. The topological polar surface area (TPSA) is 124 Å². The molecule has 0 saturated carbocycles. The quantitative estimate of drug-likeness (QED) is 0.162. The predicted octanol–water partition coefficient (Wildman–Crippen LogP) is 6.64. The fraction of sp³-hybridized carbons (Fsp3) is 0.361. The zero-order valence-electron chi connectivity index (χ0n) is 29.0. The predicted molar refractivity (Wildman–Crippen MR) is 183 cm³/mol. The van der Waals surface area contributed by atoms with Gasteiger partial charge in [0.15, 0.2) is 23.0 Å². The standard InChI is InChI=1S/C36H42N2O10/c1-11-46-26-19-24-25(20-27(26)47-12-2)33(39)38(23-15-13-22(14-16-23)37(6)35(41)48-36(3,4)5)31(34(40)45-10)30(24)21-17-28(42-7)32(44-9)29(18-21)43-8/h13-20H,11-12H2,1-10H3. The van der Waals surface area contributed by atoms with Crippen molar-refractivity contribution in [3.63, 3.8) is 0 Å². The van der Waals surface area contributed by atoms with Crippen LogP contribution in [0.15, 0.2) is 53.3 Å². The molecule has 0 bridgehead atoms. The number of ether oxygens (including phenoxy) is 7. The zero-order valence-corrected chi connectivity index (χ0v) is 29.0. The molecule has 48 heavy (non-hydrogen) atoms. The van der Waals surface area contributed by atoms with Crippen molar-refractivity contribution in [3.8, 4) is 45.6 Å². The smallest absolute Gasteiger partial charge is 0.414 e. The zero-order chi connectivity index (χ0) is 35.3. The van der Waals surface area contributed by atoms with Gasteiger partial charge in [-0.05, 0) is 88.7 Å². The number of esters is 1. The summed E-state index contributed by atoms with van der Waals surface area (Å²) < 4.78 is 40.7. The molecule has 0 spiro atoms. The maximum Gasteiger partial charge on any atom is 0.414 e. The Morgan fingerprint density at radius 2 is 1.31 bits per heavy atom. The molecule has 4 aromatic rings. The van der Waals surface area contributed by atoms with Crippen LogP contribution in [0.25, 0.3) is 27.6 Å². The number of anilines is 1. The molecule has 0 fully saturated rings. The Kier molecular flexibility index (Phi) is 10.8. The fourth-order valence-electron chi connectivity index (χ4n) is 5.26. The first kappa shape index (κ1) is 35.5. The first-order valence-corrected chi connectivity index (χ1v) is 15.3. The fourth-order valence-corrected chi connectivity index (χ4v) is 5.26. The van der Waals surface area contributed by atoms with E-state index >= 15 is 0 Å². The van der Waals surface area contributed by atoms with Crippen LogP contribution in [0.1, 0.15) is 45.1 Å². The summed E-state index contributed by atoms with van der Waals surface area (Å²) in [5, 5.41) is 0.646. The Labute approximate surface area is 279 Å². The van der Waals surface area contributed by atoms with E-state index in [2.05, 4.69) is 0 Å². The Morgan fingerprint density at radius 1 is 0.771 bits per heavy atom. The molecule has 0 saturated heterocycles. The molecule has 12 nitrogen and oxygen atoms in total. The van der Waals surface area contributed by atoms with Crippen molar-refractivity contribution in [1.29, 1.82) is 0 Å². The second-order valence-electron chi connectivity index (χ2n) is 11.5. The van der Waals surface area contributed by atoms with Crippen LogP contribution >= 0.6 is 0 Å². The minimum absolute atomic E-state index is 0.0656. The minimum Gasteiger partial charge on any atom is -0.493 e. The van der Waals surface area contributed by atoms with Gasteiger partial charge in [0.2, 0.25) is 5.75 Å². The van der Waals surface area contributed by atoms with E-state index in [0.717, 1.165) is 0 Å². The highest BCUT2D eigenvalue weighted by Crippen LogP contribution is 2.45. The number of carbonyl (C=O) groups excluding carboxylic acids is 2. The van der Waals surface area contributed by atoms with Crippen LogP contribution in [0, 0.1) is 0 Å². The molecule has 0 atom stereocenters. The molecule has 256 valence electrons. The van der Waals surface area contributed by atoms with Crippen molar-refractivity contribution in [2.45, 2.75) is 40.2 Å². The van der Waals surface area contributed by atoms with Crippen LogP contribution < -0.4 is 34.1 Å². The third-order valence-electron chi connectivity index (χ3n) is 7.34. The highest BCUT2D eigenvalue weighted by atomic mass is 16.6. The molecule has 3 aromatic carbocycles. The van der Waals surface area contributed by atoms with Gasteiger partial charge in [-0.15, -0.1) is 0 Å². The highest BCUT2D eigenvalue weighted by molar-refractivity contribution is 6.08. The Bertz CT molecular complexity index is 1850. The molecule has 0 radical (unpaired) electrons. The van der Waals surface area contributed by atoms with Crippen LogP contribution in [-0.4, -0.2) is 70.9 Å².